The second-order valence-electron chi connectivity index (χ2n) is 18.8. The largest absolute Gasteiger partial charge is 0.508 e. The summed E-state index contributed by atoms with van der Waals surface area (Å²) in [5.41, 5.74) is 7.88. The third-order valence-electron chi connectivity index (χ3n) is 12.1. The average Bonchev–Trinajstić information content (AvgIpc) is 3.36. The Hall–Kier alpha value is -7.91. The molecule has 0 spiro atoms. The first-order valence-electron chi connectivity index (χ1n) is 24.7. The van der Waals surface area contributed by atoms with Crippen molar-refractivity contribution in [3.05, 3.63) is 113 Å². The lowest BCUT2D eigenvalue weighted by molar-refractivity contribution is -0.159. The zero-order chi connectivity index (χ0) is 55.4. The van der Waals surface area contributed by atoms with E-state index in [4.69, 9.17) is 10.5 Å². The maximum Gasteiger partial charge on any atom is 0.331 e. The van der Waals surface area contributed by atoms with Gasteiger partial charge in [-0.05, 0) is 73.1 Å². The molecule has 0 saturated carbocycles. The van der Waals surface area contributed by atoms with Gasteiger partial charge in [0.25, 0.3) is 0 Å². The molecule has 0 bridgehead atoms. The number of primary amides is 1. The van der Waals surface area contributed by atoms with E-state index in [1.165, 1.54) is 44.3 Å². The number of amides is 8. The maximum atomic E-state index is 15.0. The van der Waals surface area contributed by atoms with Gasteiger partial charge in [-0.3, -0.25) is 38.4 Å². The molecule has 9 unspecified atom stereocenters. The van der Waals surface area contributed by atoms with Crippen molar-refractivity contribution in [2.45, 2.75) is 128 Å². The van der Waals surface area contributed by atoms with Crippen LogP contribution in [0.2, 0.25) is 0 Å². The monoisotopic (exact) mass is 1040 g/mol. The fraction of sp³-hybridized carbons (Fsp3) is 0.426. The van der Waals surface area contributed by atoms with Crippen LogP contribution in [0.3, 0.4) is 0 Å². The van der Waals surface area contributed by atoms with Gasteiger partial charge in [0.15, 0.2) is 6.04 Å². The molecule has 9 atom stereocenters. The van der Waals surface area contributed by atoms with Gasteiger partial charge in [-0.25, -0.2) is 4.79 Å². The molecule has 1 saturated heterocycles. The van der Waals surface area contributed by atoms with E-state index in [2.05, 4.69) is 31.9 Å². The Kier molecular flexibility index (Phi) is 23.1. The van der Waals surface area contributed by atoms with Crippen molar-refractivity contribution in [3.8, 4) is 5.75 Å². The normalized spacial score (nSPS) is 23.5. The summed E-state index contributed by atoms with van der Waals surface area (Å²) >= 11 is 0. The fourth-order valence-electron chi connectivity index (χ4n) is 7.99. The Morgan fingerprint density at radius 3 is 1.89 bits per heavy atom. The second kappa shape index (κ2) is 29.1. The first kappa shape index (κ1) is 59.7. The van der Waals surface area contributed by atoms with Crippen LogP contribution in [0, 0.1) is 5.92 Å². The summed E-state index contributed by atoms with van der Waals surface area (Å²) in [5, 5.41) is 46.2. The smallest absolute Gasteiger partial charge is 0.331 e. The van der Waals surface area contributed by atoms with E-state index in [9.17, 15) is 58.5 Å². The Bertz CT molecular complexity index is 2540. The highest BCUT2D eigenvalue weighted by molar-refractivity contribution is 6.00. The number of rotatable bonds is 16. The van der Waals surface area contributed by atoms with Crippen LogP contribution in [0.4, 0.5) is 0 Å². The van der Waals surface area contributed by atoms with Crippen molar-refractivity contribution in [2.24, 2.45) is 11.7 Å². The van der Waals surface area contributed by atoms with Crippen molar-refractivity contribution in [1.29, 1.82) is 0 Å². The zero-order valence-electron chi connectivity index (χ0n) is 43.0. The Labute approximate surface area is 436 Å². The van der Waals surface area contributed by atoms with Crippen molar-refractivity contribution >= 4 is 65.4 Å². The molecule has 404 valence electrons. The number of benzene rings is 3. The van der Waals surface area contributed by atoms with Gasteiger partial charge in [-0.15, -0.1) is 0 Å². The lowest BCUT2D eigenvalue weighted by atomic mass is 9.98. The van der Waals surface area contributed by atoms with Crippen LogP contribution in [0.5, 0.6) is 5.75 Å². The number of aromatic hydroxyl groups is 1. The van der Waals surface area contributed by atoms with E-state index in [1.807, 2.05) is 31.2 Å². The highest BCUT2D eigenvalue weighted by atomic mass is 16.5. The quantitative estimate of drug-likeness (QED) is 0.0698. The summed E-state index contributed by atoms with van der Waals surface area (Å²) in [6.45, 7) is 6.87. The molecule has 75 heavy (non-hydrogen) atoms. The Morgan fingerprint density at radius 2 is 1.29 bits per heavy atom. The van der Waals surface area contributed by atoms with Crippen LogP contribution in [0.25, 0.3) is 12.2 Å². The first-order valence-corrected chi connectivity index (χ1v) is 24.7. The summed E-state index contributed by atoms with van der Waals surface area (Å²) in [5.74, 6) is -9.75. The second-order valence-corrected chi connectivity index (χ2v) is 18.8. The summed E-state index contributed by atoms with van der Waals surface area (Å²) in [4.78, 5) is 127. The molecular weight excluding hydrogens is 969 g/mol. The number of aliphatic hydroxyl groups excluding tert-OH is 2. The molecular formula is C54H70N8O13. The SMILES string of the molecule is CCC/C=C\c1ccccc1/C=C/C(=O)NC1C(=O)N(C)C(Cc2ccc(O)cc2)C(=O)NC(CC(C)C)C(=O)NC(Cc2ccccc2)C(=O)NC(C(C)O)C(=O)NC(CC(N)=O)C(=O)NC(CO)C(=O)OC1C. The molecule has 1 fully saturated rings. The number of carbonyl (C=O) groups is 9. The number of esters is 1. The van der Waals surface area contributed by atoms with Crippen LogP contribution in [0.15, 0.2) is 91.0 Å². The standard InChI is InChI=1S/C54H70N8O13/c1-7-8-10-17-36-18-13-14-19-37(36)22-25-45(67)60-47-33(5)75-54(74)42(30-63)59-49(69)41(29-44(55)66)58-52(72)46(32(4)64)61-50(70)40(27-34-15-11-9-12-16-34)56-48(68)39(26-31(2)3)57-51(71)43(62(6)53(47)73)28-35-20-23-38(65)24-21-35/h9-25,31-33,39-43,46-47,63-65H,7-8,26-30H2,1-6H3,(H2,55,66)(H,56,68)(H,57,71)(H,58,72)(H,59,69)(H,60,67)(H,61,70)/b17-10-,25-22+. The molecule has 4 rings (SSSR count). The third kappa shape index (κ3) is 18.5. The number of allylic oxidation sites excluding steroid dienone is 1. The topological polar surface area (TPSA) is 325 Å². The molecule has 3 aromatic carbocycles. The van der Waals surface area contributed by atoms with Gasteiger partial charge in [-0.1, -0.05) is 106 Å². The summed E-state index contributed by atoms with van der Waals surface area (Å²) in [7, 11) is 1.26. The van der Waals surface area contributed by atoms with E-state index in [0.29, 0.717) is 16.7 Å². The minimum Gasteiger partial charge on any atom is -0.508 e. The molecule has 21 heteroatoms. The number of carbonyl (C=O) groups excluding carboxylic acids is 9. The number of nitrogens with one attached hydrogen (secondary N) is 6. The minimum atomic E-state index is -1.92. The number of nitrogens with zero attached hydrogens (tertiary/aromatic N) is 1. The maximum absolute atomic E-state index is 15.0. The molecule has 0 aliphatic carbocycles. The summed E-state index contributed by atoms with van der Waals surface area (Å²) < 4.78 is 5.65. The number of ether oxygens (including phenoxy) is 1. The van der Waals surface area contributed by atoms with Crippen LogP contribution in [0.1, 0.15) is 82.6 Å². The number of hydrogen-bond donors (Lipinski definition) is 10. The van der Waals surface area contributed by atoms with E-state index in [1.54, 1.807) is 56.3 Å². The predicted molar refractivity (Wildman–Crippen MR) is 277 cm³/mol. The number of phenolic OH excluding ortho intramolecular Hbond substituents is 1. The van der Waals surface area contributed by atoms with Crippen molar-refractivity contribution < 1.29 is 63.2 Å². The molecule has 1 heterocycles. The van der Waals surface area contributed by atoms with Crippen LogP contribution >= 0.6 is 0 Å². The van der Waals surface area contributed by atoms with E-state index >= 15 is 0 Å². The van der Waals surface area contributed by atoms with Crippen molar-refractivity contribution in [3.63, 3.8) is 0 Å². The van der Waals surface area contributed by atoms with Gasteiger partial charge in [0.1, 0.15) is 48.1 Å². The van der Waals surface area contributed by atoms with Crippen LogP contribution in [-0.4, -0.2) is 142 Å². The van der Waals surface area contributed by atoms with Crippen LogP contribution < -0.4 is 37.6 Å². The molecule has 1 aliphatic rings. The average molecular weight is 1040 g/mol. The summed E-state index contributed by atoms with van der Waals surface area (Å²) in [6.07, 6.45) is 3.75. The molecule has 8 amide bonds. The molecule has 1 aliphatic heterocycles. The molecule has 11 N–H and O–H groups in total. The fourth-order valence-corrected chi connectivity index (χ4v) is 7.99. The Balaban J connectivity index is 1.89. The first-order chi connectivity index (χ1) is 35.6. The van der Waals surface area contributed by atoms with E-state index in [-0.39, 0.29) is 30.9 Å². The van der Waals surface area contributed by atoms with E-state index < -0.39 is 121 Å². The van der Waals surface area contributed by atoms with Gasteiger partial charge in [0, 0.05) is 26.0 Å². The number of phenols is 1. The number of cyclic esters (lactones) is 1. The zero-order valence-corrected chi connectivity index (χ0v) is 43.0. The minimum absolute atomic E-state index is 0.00438. The van der Waals surface area contributed by atoms with Gasteiger partial charge in [-0.2, -0.15) is 0 Å². The number of likely N-dealkylation sites (N-methyl/N-ethyl adjacent to an activating group) is 1. The number of hydrogen-bond acceptors (Lipinski definition) is 13. The van der Waals surface area contributed by atoms with Gasteiger partial charge in [0.05, 0.1) is 19.1 Å². The number of nitrogens with two attached hydrogens (primary N) is 1. The van der Waals surface area contributed by atoms with Crippen molar-refractivity contribution in [2.75, 3.05) is 13.7 Å². The third-order valence-corrected chi connectivity index (χ3v) is 12.1. The molecule has 3 aromatic rings. The lowest BCUT2D eigenvalue weighted by Gasteiger charge is -2.34. The number of aliphatic hydroxyl groups is 2. The highest BCUT2D eigenvalue weighted by Crippen LogP contribution is 2.19. The number of unbranched alkanes of at least 4 members (excludes halogenated alkanes) is 1. The highest BCUT2D eigenvalue weighted by Gasteiger charge is 2.40. The van der Waals surface area contributed by atoms with Gasteiger partial charge < -0.3 is 62.6 Å². The van der Waals surface area contributed by atoms with Crippen molar-refractivity contribution in [1.82, 2.24) is 36.8 Å². The predicted octanol–water partition coefficient (Wildman–Crippen LogP) is 0.680. The van der Waals surface area contributed by atoms with Gasteiger partial charge in [0.2, 0.25) is 47.3 Å². The lowest BCUT2D eigenvalue weighted by Crippen LogP contribution is -2.63. The van der Waals surface area contributed by atoms with Gasteiger partial charge >= 0.3 is 5.97 Å². The molecule has 0 aromatic heterocycles. The summed E-state index contributed by atoms with van der Waals surface area (Å²) in [6, 6.07) is 9.71. The molecule has 21 nitrogen and oxygen atoms in total. The van der Waals surface area contributed by atoms with Crippen LogP contribution in [-0.2, 0) is 60.7 Å². The molecule has 0 radical (unpaired) electrons. The van der Waals surface area contributed by atoms with E-state index in [0.717, 1.165) is 36.3 Å². The Morgan fingerprint density at radius 1 is 0.733 bits per heavy atom.